The van der Waals surface area contributed by atoms with E-state index in [1.807, 2.05) is 37.3 Å². The monoisotopic (exact) mass is 450 g/mol. The van der Waals surface area contributed by atoms with Crippen LogP contribution in [0.2, 0.25) is 0 Å². The van der Waals surface area contributed by atoms with Crippen LogP contribution in [0.15, 0.2) is 79.0 Å². The highest BCUT2D eigenvalue weighted by Gasteiger charge is 2.35. The second kappa shape index (κ2) is 8.94. The second-order valence-electron chi connectivity index (χ2n) is 7.50. The maximum Gasteiger partial charge on any atom is 0.417 e. The molecule has 0 atom stereocenters. The van der Waals surface area contributed by atoms with Crippen LogP contribution in [0, 0.1) is 6.92 Å². The Kier molecular flexibility index (Phi) is 6.05. The maximum absolute atomic E-state index is 13.7. The fourth-order valence-electron chi connectivity index (χ4n) is 3.63. The summed E-state index contributed by atoms with van der Waals surface area (Å²) in [6, 6.07) is 20.5. The summed E-state index contributed by atoms with van der Waals surface area (Å²) in [4.78, 5) is 16.5. The summed E-state index contributed by atoms with van der Waals surface area (Å²) < 4.78 is 47.6. The smallest absolute Gasteiger partial charge is 0.417 e. The average molecular weight is 450 g/mol. The third kappa shape index (κ3) is 4.67. The van der Waals surface area contributed by atoms with Crippen molar-refractivity contribution in [1.82, 2.24) is 9.55 Å². The predicted octanol–water partition coefficient (Wildman–Crippen LogP) is 6.71. The number of carbonyl (C=O) groups is 1. The summed E-state index contributed by atoms with van der Waals surface area (Å²) in [6.45, 7) is 3.79. The molecule has 0 aliphatic heterocycles. The number of rotatable bonds is 5. The van der Waals surface area contributed by atoms with Gasteiger partial charge in [0.15, 0.2) is 5.69 Å². The molecule has 7 heteroatoms. The Morgan fingerprint density at radius 1 is 0.970 bits per heavy atom. The van der Waals surface area contributed by atoms with Crippen LogP contribution >= 0.6 is 0 Å². The highest BCUT2D eigenvalue weighted by Crippen LogP contribution is 2.37. The van der Waals surface area contributed by atoms with Crippen LogP contribution in [0.25, 0.3) is 28.2 Å². The first-order chi connectivity index (χ1) is 15.8. The number of aromatic nitrogens is 2. The zero-order chi connectivity index (χ0) is 23.6. The van der Waals surface area contributed by atoms with Gasteiger partial charge in [-0.25, -0.2) is 9.78 Å². The summed E-state index contributed by atoms with van der Waals surface area (Å²) in [5.74, 6) is -0.687. The molecule has 3 aromatic carbocycles. The Hall–Kier alpha value is -3.87. The van der Waals surface area contributed by atoms with E-state index in [-0.39, 0.29) is 23.7 Å². The van der Waals surface area contributed by atoms with E-state index in [0.29, 0.717) is 5.69 Å². The predicted molar refractivity (Wildman–Crippen MR) is 120 cm³/mol. The van der Waals surface area contributed by atoms with Crippen molar-refractivity contribution in [2.24, 2.45) is 0 Å². The number of imidazole rings is 1. The van der Waals surface area contributed by atoms with Crippen molar-refractivity contribution in [2.75, 3.05) is 6.61 Å². The van der Waals surface area contributed by atoms with Gasteiger partial charge in [0.2, 0.25) is 0 Å². The van der Waals surface area contributed by atoms with E-state index in [4.69, 9.17) is 4.74 Å². The molecule has 0 radical (unpaired) electrons. The highest BCUT2D eigenvalue weighted by molar-refractivity contribution is 5.88. The van der Waals surface area contributed by atoms with Gasteiger partial charge < -0.3 is 4.74 Å². The van der Waals surface area contributed by atoms with Crippen LogP contribution in [0.1, 0.15) is 28.5 Å². The molecule has 33 heavy (non-hydrogen) atoms. The molecule has 0 unspecified atom stereocenters. The molecule has 0 spiro atoms. The van der Waals surface area contributed by atoms with E-state index in [2.05, 4.69) is 11.1 Å². The topological polar surface area (TPSA) is 44.1 Å². The lowest BCUT2D eigenvalue weighted by molar-refractivity contribution is -0.137. The van der Waals surface area contributed by atoms with Gasteiger partial charge in [0.25, 0.3) is 0 Å². The standard InChI is InChI=1S/C26H21F3N2O2/c1-3-33-25(32)23-16-31(24(30-23)21-9-4-5-10-22(21)26(27,28)29)20-13-11-18(12-14-20)19-8-6-7-17(2)15-19/h4-16H,3H2,1-2H3. The molecule has 0 fully saturated rings. The van der Waals surface area contributed by atoms with Crippen LogP contribution < -0.4 is 0 Å². The lowest BCUT2D eigenvalue weighted by Gasteiger charge is -2.14. The number of esters is 1. The third-order valence-electron chi connectivity index (χ3n) is 5.16. The number of hydrogen-bond donors (Lipinski definition) is 0. The fourth-order valence-corrected chi connectivity index (χ4v) is 3.63. The number of alkyl halides is 3. The molecule has 4 aromatic rings. The van der Waals surface area contributed by atoms with E-state index < -0.39 is 17.7 Å². The minimum Gasteiger partial charge on any atom is -0.461 e. The van der Waals surface area contributed by atoms with E-state index in [1.54, 1.807) is 19.1 Å². The molecule has 0 aliphatic carbocycles. The van der Waals surface area contributed by atoms with Crippen molar-refractivity contribution >= 4 is 5.97 Å². The molecular formula is C26H21F3N2O2. The molecule has 0 saturated carbocycles. The van der Waals surface area contributed by atoms with Gasteiger partial charge >= 0.3 is 12.1 Å². The Labute approximate surface area is 189 Å². The summed E-state index contributed by atoms with van der Waals surface area (Å²) in [7, 11) is 0. The number of hydrogen-bond acceptors (Lipinski definition) is 3. The van der Waals surface area contributed by atoms with Crippen LogP contribution in [-0.2, 0) is 10.9 Å². The Morgan fingerprint density at radius 3 is 2.36 bits per heavy atom. The molecule has 1 aromatic heterocycles. The van der Waals surface area contributed by atoms with Crippen molar-refractivity contribution in [1.29, 1.82) is 0 Å². The van der Waals surface area contributed by atoms with E-state index in [9.17, 15) is 18.0 Å². The van der Waals surface area contributed by atoms with Crippen molar-refractivity contribution < 1.29 is 22.7 Å². The summed E-state index contributed by atoms with van der Waals surface area (Å²) in [6.07, 6.45) is -3.17. The zero-order valence-corrected chi connectivity index (χ0v) is 18.1. The van der Waals surface area contributed by atoms with Crippen LogP contribution in [0.3, 0.4) is 0 Å². The molecule has 4 nitrogen and oxygen atoms in total. The van der Waals surface area contributed by atoms with Crippen molar-refractivity contribution in [3.8, 4) is 28.2 Å². The molecule has 168 valence electrons. The number of benzene rings is 3. The largest absolute Gasteiger partial charge is 0.461 e. The molecule has 0 amide bonds. The van der Waals surface area contributed by atoms with Gasteiger partial charge in [0.05, 0.1) is 12.2 Å². The molecule has 0 bridgehead atoms. The first-order valence-electron chi connectivity index (χ1n) is 10.4. The fraction of sp³-hybridized carbons (Fsp3) is 0.154. The van der Waals surface area contributed by atoms with Gasteiger partial charge in [-0.05, 0) is 43.2 Å². The van der Waals surface area contributed by atoms with E-state index in [1.165, 1.54) is 29.0 Å². The third-order valence-corrected chi connectivity index (χ3v) is 5.16. The molecule has 0 saturated heterocycles. The SMILES string of the molecule is CCOC(=O)c1cn(-c2ccc(-c3cccc(C)c3)cc2)c(-c2ccccc2C(F)(F)F)n1. The minimum atomic E-state index is -4.58. The van der Waals surface area contributed by atoms with Crippen molar-refractivity contribution in [2.45, 2.75) is 20.0 Å². The van der Waals surface area contributed by atoms with Crippen LogP contribution in [0.4, 0.5) is 13.2 Å². The second-order valence-corrected chi connectivity index (χ2v) is 7.50. The van der Waals surface area contributed by atoms with Gasteiger partial charge in [-0.3, -0.25) is 4.57 Å². The first kappa shape index (κ1) is 22.3. The Balaban J connectivity index is 1.84. The normalized spacial score (nSPS) is 11.4. The van der Waals surface area contributed by atoms with Crippen molar-refractivity contribution in [3.05, 3.63) is 95.8 Å². The van der Waals surface area contributed by atoms with Gasteiger partial charge in [-0.15, -0.1) is 0 Å². The van der Waals surface area contributed by atoms with E-state index >= 15 is 0 Å². The van der Waals surface area contributed by atoms with Crippen LogP contribution in [0.5, 0.6) is 0 Å². The minimum absolute atomic E-state index is 0.00860. The van der Waals surface area contributed by atoms with Gasteiger partial charge in [-0.2, -0.15) is 13.2 Å². The number of nitrogens with zero attached hydrogens (tertiary/aromatic N) is 2. The number of ether oxygens (including phenoxy) is 1. The number of carbonyl (C=O) groups excluding carboxylic acids is 1. The number of halogens is 3. The lowest BCUT2D eigenvalue weighted by atomic mass is 10.0. The Bertz CT molecular complexity index is 1290. The van der Waals surface area contributed by atoms with Crippen LogP contribution in [-0.4, -0.2) is 22.1 Å². The lowest BCUT2D eigenvalue weighted by Crippen LogP contribution is -2.09. The Morgan fingerprint density at radius 2 is 1.70 bits per heavy atom. The molecule has 0 aliphatic rings. The van der Waals surface area contributed by atoms with Crippen molar-refractivity contribution in [3.63, 3.8) is 0 Å². The number of aryl methyl sites for hydroxylation is 1. The first-order valence-corrected chi connectivity index (χ1v) is 10.4. The quantitative estimate of drug-likeness (QED) is 0.318. The zero-order valence-electron chi connectivity index (χ0n) is 18.1. The van der Waals surface area contributed by atoms with E-state index in [0.717, 1.165) is 22.8 Å². The molecular weight excluding hydrogens is 429 g/mol. The summed E-state index contributed by atoms with van der Waals surface area (Å²) >= 11 is 0. The highest BCUT2D eigenvalue weighted by atomic mass is 19.4. The maximum atomic E-state index is 13.7. The molecule has 1 heterocycles. The summed E-state index contributed by atoms with van der Waals surface area (Å²) in [5, 5.41) is 0. The average Bonchev–Trinajstić information content (AvgIpc) is 3.24. The summed E-state index contributed by atoms with van der Waals surface area (Å²) in [5.41, 5.74) is 2.67. The molecule has 0 N–H and O–H groups in total. The van der Waals surface area contributed by atoms with Gasteiger partial charge in [0, 0.05) is 17.4 Å². The molecule has 4 rings (SSSR count). The van der Waals surface area contributed by atoms with Gasteiger partial charge in [0.1, 0.15) is 5.82 Å². The van der Waals surface area contributed by atoms with Gasteiger partial charge in [-0.1, -0.05) is 60.2 Å².